The molecule has 0 amide bonds. The van der Waals surface area contributed by atoms with Crippen LogP contribution in [0.5, 0.6) is 0 Å². The number of hydrogen-bond donors (Lipinski definition) is 0. The van der Waals surface area contributed by atoms with Crippen molar-refractivity contribution < 1.29 is 4.39 Å². The molecule has 1 aliphatic heterocycles. The number of halogens is 1. The lowest BCUT2D eigenvalue weighted by atomic mass is 10.0. The molecule has 1 saturated heterocycles. The molecule has 0 N–H and O–H groups in total. The van der Waals surface area contributed by atoms with Gasteiger partial charge < -0.3 is 0 Å². The maximum absolute atomic E-state index is 13.2. The van der Waals surface area contributed by atoms with Crippen LogP contribution in [0.1, 0.15) is 40.5 Å². The second kappa shape index (κ2) is 4.41. The van der Waals surface area contributed by atoms with Crippen molar-refractivity contribution >= 4 is 0 Å². The molecule has 0 aromatic heterocycles. The number of hydrogen-bond acceptors (Lipinski definition) is 1. The number of likely N-dealkylation sites (tertiary alicyclic amines) is 1. The fraction of sp³-hybridized carbons (Fsp3) is 1.00. The van der Waals surface area contributed by atoms with Gasteiger partial charge in [-0.3, -0.25) is 4.90 Å². The topological polar surface area (TPSA) is 3.24 Å². The van der Waals surface area contributed by atoms with Gasteiger partial charge in [-0.25, -0.2) is 4.39 Å². The van der Waals surface area contributed by atoms with Crippen LogP contribution in [-0.4, -0.2) is 29.7 Å². The Morgan fingerprint density at radius 2 is 1.92 bits per heavy atom. The SMILES string of the molecule is CC(C)CC1CC(F)CN1C(C)C. The van der Waals surface area contributed by atoms with E-state index in [-0.39, 0.29) is 0 Å². The molecule has 13 heavy (non-hydrogen) atoms. The minimum Gasteiger partial charge on any atom is -0.295 e. The van der Waals surface area contributed by atoms with Crippen molar-refractivity contribution in [2.75, 3.05) is 6.54 Å². The molecular weight excluding hydrogens is 165 g/mol. The molecule has 0 saturated carbocycles. The molecule has 2 heteroatoms. The molecule has 1 aliphatic rings. The maximum atomic E-state index is 13.2. The highest BCUT2D eigenvalue weighted by Crippen LogP contribution is 2.27. The average molecular weight is 187 g/mol. The van der Waals surface area contributed by atoms with Gasteiger partial charge in [0.1, 0.15) is 6.17 Å². The van der Waals surface area contributed by atoms with Crippen LogP contribution in [0.25, 0.3) is 0 Å². The normalized spacial score (nSPS) is 30.7. The van der Waals surface area contributed by atoms with E-state index in [0.29, 0.717) is 24.5 Å². The van der Waals surface area contributed by atoms with Gasteiger partial charge in [-0.15, -0.1) is 0 Å². The van der Waals surface area contributed by atoms with E-state index in [1.54, 1.807) is 0 Å². The summed E-state index contributed by atoms with van der Waals surface area (Å²) in [5.74, 6) is 0.677. The van der Waals surface area contributed by atoms with Crippen molar-refractivity contribution in [1.29, 1.82) is 0 Å². The van der Waals surface area contributed by atoms with Gasteiger partial charge in [-0.2, -0.15) is 0 Å². The van der Waals surface area contributed by atoms with Crippen LogP contribution in [0.3, 0.4) is 0 Å². The molecule has 2 atom stereocenters. The fourth-order valence-electron chi connectivity index (χ4n) is 2.29. The Labute approximate surface area is 81.3 Å². The van der Waals surface area contributed by atoms with Crippen LogP contribution in [0.4, 0.5) is 4.39 Å². The van der Waals surface area contributed by atoms with E-state index in [0.717, 1.165) is 12.8 Å². The van der Waals surface area contributed by atoms with E-state index in [2.05, 4.69) is 32.6 Å². The molecule has 2 unspecified atom stereocenters. The number of alkyl halides is 1. The molecule has 1 nitrogen and oxygen atoms in total. The standard InChI is InChI=1S/C11H22FN/c1-8(2)5-11-6-10(12)7-13(11)9(3)4/h8-11H,5-7H2,1-4H3. The highest BCUT2D eigenvalue weighted by molar-refractivity contribution is 4.87. The second-order valence-electron chi connectivity index (χ2n) is 4.91. The van der Waals surface area contributed by atoms with Crippen LogP contribution >= 0.6 is 0 Å². The Hall–Kier alpha value is -0.110. The first-order chi connectivity index (χ1) is 6.00. The first-order valence-electron chi connectivity index (χ1n) is 5.40. The van der Waals surface area contributed by atoms with Gasteiger partial charge in [-0.1, -0.05) is 13.8 Å². The van der Waals surface area contributed by atoms with Crippen LogP contribution in [0, 0.1) is 5.92 Å². The van der Waals surface area contributed by atoms with Crippen molar-refractivity contribution in [3.8, 4) is 0 Å². The van der Waals surface area contributed by atoms with Gasteiger partial charge in [0.25, 0.3) is 0 Å². The van der Waals surface area contributed by atoms with Gasteiger partial charge in [0.05, 0.1) is 0 Å². The van der Waals surface area contributed by atoms with E-state index in [4.69, 9.17) is 0 Å². The maximum Gasteiger partial charge on any atom is 0.114 e. The third-order valence-electron chi connectivity index (χ3n) is 2.81. The first kappa shape index (κ1) is 11.0. The molecule has 0 bridgehead atoms. The predicted molar refractivity (Wildman–Crippen MR) is 54.6 cm³/mol. The number of nitrogens with zero attached hydrogens (tertiary/aromatic N) is 1. The first-order valence-corrected chi connectivity index (χ1v) is 5.40. The molecule has 0 aromatic carbocycles. The van der Waals surface area contributed by atoms with Crippen LogP contribution in [0.15, 0.2) is 0 Å². The molecule has 1 rings (SSSR count). The van der Waals surface area contributed by atoms with Gasteiger partial charge >= 0.3 is 0 Å². The van der Waals surface area contributed by atoms with E-state index in [1.165, 1.54) is 0 Å². The molecule has 0 aliphatic carbocycles. The monoisotopic (exact) mass is 187 g/mol. The summed E-state index contributed by atoms with van der Waals surface area (Å²) in [5, 5.41) is 0. The van der Waals surface area contributed by atoms with Crippen molar-refractivity contribution in [1.82, 2.24) is 4.90 Å². The Morgan fingerprint density at radius 1 is 1.31 bits per heavy atom. The highest BCUT2D eigenvalue weighted by atomic mass is 19.1. The smallest absolute Gasteiger partial charge is 0.114 e. The summed E-state index contributed by atoms with van der Waals surface area (Å²) in [6.07, 6.45) is 1.29. The Morgan fingerprint density at radius 3 is 2.38 bits per heavy atom. The predicted octanol–water partition coefficient (Wildman–Crippen LogP) is 2.85. The van der Waals surface area contributed by atoms with Crippen molar-refractivity contribution in [3.63, 3.8) is 0 Å². The minimum atomic E-state index is -0.592. The third-order valence-corrected chi connectivity index (χ3v) is 2.81. The molecule has 0 aromatic rings. The Balaban J connectivity index is 2.50. The van der Waals surface area contributed by atoms with E-state index in [1.807, 2.05) is 0 Å². The lowest BCUT2D eigenvalue weighted by Crippen LogP contribution is -2.36. The zero-order valence-corrected chi connectivity index (χ0v) is 9.26. The minimum absolute atomic E-state index is 0.481. The second-order valence-corrected chi connectivity index (χ2v) is 4.91. The van der Waals surface area contributed by atoms with E-state index >= 15 is 0 Å². The summed E-state index contributed by atoms with van der Waals surface area (Å²) in [7, 11) is 0. The average Bonchev–Trinajstić information content (AvgIpc) is 2.29. The summed E-state index contributed by atoms with van der Waals surface area (Å²) >= 11 is 0. The van der Waals surface area contributed by atoms with Gasteiger partial charge in [0.15, 0.2) is 0 Å². The lowest BCUT2D eigenvalue weighted by molar-refractivity contribution is 0.178. The highest BCUT2D eigenvalue weighted by Gasteiger charge is 2.33. The molecule has 1 fully saturated rings. The molecule has 78 valence electrons. The Bertz CT molecular complexity index is 156. The van der Waals surface area contributed by atoms with E-state index < -0.39 is 6.17 Å². The van der Waals surface area contributed by atoms with Crippen LogP contribution in [-0.2, 0) is 0 Å². The fourth-order valence-corrected chi connectivity index (χ4v) is 2.29. The largest absolute Gasteiger partial charge is 0.295 e. The van der Waals surface area contributed by atoms with Gasteiger partial charge in [-0.05, 0) is 32.6 Å². The molecule has 0 radical (unpaired) electrons. The van der Waals surface area contributed by atoms with Crippen molar-refractivity contribution in [3.05, 3.63) is 0 Å². The van der Waals surface area contributed by atoms with Crippen molar-refractivity contribution in [2.45, 2.75) is 58.8 Å². The van der Waals surface area contributed by atoms with Gasteiger partial charge in [0, 0.05) is 18.6 Å². The zero-order valence-electron chi connectivity index (χ0n) is 9.26. The van der Waals surface area contributed by atoms with Crippen LogP contribution in [0.2, 0.25) is 0 Å². The van der Waals surface area contributed by atoms with Crippen molar-refractivity contribution in [2.24, 2.45) is 5.92 Å². The molecule has 0 spiro atoms. The quantitative estimate of drug-likeness (QED) is 0.656. The summed E-state index contributed by atoms with van der Waals surface area (Å²) in [6.45, 7) is 9.39. The summed E-state index contributed by atoms with van der Waals surface area (Å²) in [5.41, 5.74) is 0. The van der Waals surface area contributed by atoms with E-state index in [9.17, 15) is 4.39 Å². The van der Waals surface area contributed by atoms with Gasteiger partial charge in [0.2, 0.25) is 0 Å². The lowest BCUT2D eigenvalue weighted by Gasteiger charge is -2.28. The van der Waals surface area contributed by atoms with Crippen LogP contribution < -0.4 is 0 Å². The Kier molecular flexibility index (Phi) is 3.72. The third kappa shape index (κ3) is 2.94. The molecule has 1 heterocycles. The summed E-state index contributed by atoms with van der Waals surface area (Å²) < 4.78 is 13.2. The zero-order chi connectivity index (χ0) is 10.0. The number of rotatable bonds is 3. The summed E-state index contributed by atoms with van der Waals surface area (Å²) in [6, 6.07) is 0.972. The molecular formula is C11H22FN. The summed E-state index contributed by atoms with van der Waals surface area (Å²) in [4.78, 5) is 2.31.